The molecule has 2 aromatic heterocycles. The number of amides is 3. The van der Waals surface area contributed by atoms with Crippen LogP contribution in [-0.4, -0.2) is 102 Å². The summed E-state index contributed by atoms with van der Waals surface area (Å²) in [5.41, 5.74) is 19.5. The van der Waals surface area contributed by atoms with Crippen molar-refractivity contribution in [3.63, 3.8) is 0 Å². The van der Waals surface area contributed by atoms with Gasteiger partial charge in [-0.15, -0.1) is 0 Å². The van der Waals surface area contributed by atoms with Gasteiger partial charge >= 0.3 is 5.97 Å². The van der Waals surface area contributed by atoms with Gasteiger partial charge in [-0.1, -0.05) is 37.8 Å². The van der Waals surface area contributed by atoms with Crippen LogP contribution in [-0.2, 0) is 22.4 Å². The van der Waals surface area contributed by atoms with Gasteiger partial charge in [-0.05, 0) is 148 Å². The first-order valence-corrected chi connectivity index (χ1v) is 21.5. The molecular formula is C48H64F2N8O5. The van der Waals surface area contributed by atoms with Gasteiger partial charge < -0.3 is 37.4 Å². The van der Waals surface area contributed by atoms with E-state index in [4.69, 9.17) is 22.3 Å². The number of carboxylic acid groups (broad SMARTS) is 1. The Labute approximate surface area is 369 Å². The second kappa shape index (κ2) is 24.9. The fourth-order valence-electron chi connectivity index (χ4n) is 7.43. The molecule has 2 saturated carbocycles. The Kier molecular flexibility index (Phi) is 19.7. The molecule has 3 amide bonds. The van der Waals surface area contributed by atoms with E-state index in [9.17, 15) is 28.0 Å². The first-order valence-electron chi connectivity index (χ1n) is 21.5. The molecule has 6 rings (SSSR count). The molecule has 0 radical (unpaired) electrons. The Morgan fingerprint density at radius 1 is 0.683 bits per heavy atom. The van der Waals surface area contributed by atoms with Crippen LogP contribution < -0.4 is 22.5 Å². The summed E-state index contributed by atoms with van der Waals surface area (Å²) in [7, 11) is 7.70. The van der Waals surface area contributed by atoms with Crippen molar-refractivity contribution in [2.45, 2.75) is 88.1 Å². The molecular weight excluding hydrogens is 807 g/mol. The van der Waals surface area contributed by atoms with E-state index in [2.05, 4.69) is 15.3 Å². The first-order chi connectivity index (χ1) is 30.0. The Balaban J connectivity index is 0.000000229. The number of halogens is 2. The lowest BCUT2D eigenvalue weighted by atomic mass is 9.91. The fourth-order valence-corrected chi connectivity index (χ4v) is 7.43. The molecule has 2 aromatic carbocycles. The molecule has 340 valence electrons. The number of carbonyl (C=O) groups is 4. The summed E-state index contributed by atoms with van der Waals surface area (Å²) >= 11 is 0. The molecule has 8 N–H and O–H groups in total. The number of likely N-dealkylation sites (N-methyl/N-ethyl adjacent to an activating group) is 2. The van der Waals surface area contributed by atoms with E-state index >= 15 is 0 Å². The van der Waals surface area contributed by atoms with Crippen molar-refractivity contribution in [1.82, 2.24) is 25.1 Å². The molecule has 0 unspecified atom stereocenters. The van der Waals surface area contributed by atoms with Crippen LogP contribution in [0, 0.1) is 23.5 Å². The van der Waals surface area contributed by atoms with Gasteiger partial charge in [0.15, 0.2) is 0 Å². The standard InChI is InChI=1S/C24H31FN4O2.C12H18FN3O.C12H15NO2/c1-29(2)20(12-17-5-6-21(24(26)31)22(25)13-17)15-28-23(30)14-19(11-16-3-4-16)18-7-9-27-10-8-18;1-16(2)9(7-14)5-8-3-4-10(12(15)17)11(13)6-8;14-12(15)8-11(7-9-1-2-9)10-3-5-13-6-4-10/h5-10,13,16,19-20H,3-4,11-12,14-15H2,1-2H3,(H2,26,31)(H,28,30);3-4,6,9H,5,7,14H2,1-2H3,(H2,15,17);3-6,9,11H,1-2,7-8H2,(H,14,15)/t19-,20-;9-;11-/m000/s1. The normalized spacial score (nSPS) is 15.2. The van der Waals surface area contributed by atoms with Crippen molar-refractivity contribution >= 4 is 23.7 Å². The van der Waals surface area contributed by atoms with E-state index in [1.165, 1.54) is 49.9 Å². The van der Waals surface area contributed by atoms with Gasteiger partial charge in [0.2, 0.25) is 5.91 Å². The molecule has 4 aromatic rings. The van der Waals surface area contributed by atoms with Gasteiger partial charge in [-0.3, -0.25) is 29.1 Å². The highest BCUT2D eigenvalue weighted by Crippen LogP contribution is 2.40. The largest absolute Gasteiger partial charge is 0.481 e. The quantitative estimate of drug-likeness (QED) is 0.0692. The topological polar surface area (TPSA) is 211 Å². The maximum Gasteiger partial charge on any atom is 0.303 e. The van der Waals surface area contributed by atoms with Crippen molar-refractivity contribution in [3.8, 4) is 0 Å². The number of carbonyl (C=O) groups excluding carboxylic acids is 3. The molecule has 2 aliphatic carbocycles. The van der Waals surface area contributed by atoms with Crippen molar-refractivity contribution in [2.24, 2.45) is 29.0 Å². The minimum Gasteiger partial charge on any atom is -0.481 e. The molecule has 2 heterocycles. The number of aromatic nitrogens is 2. The Hall–Kier alpha value is -5.64. The van der Waals surface area contributed by atoms with Crippen LogP contribution in [0.3, 0.4) is 0 Å². The molecule has 0 spiro atoms. The number of nitrogens with zero attached hydrogens (tertiary/aromatic N) is 4. The molecule has 63 heavy (non-hydrogen) atoms. The second-order valence-corrected chi connectivity index (χ2v) is 17.2. The van der Waals surface area contributed by atoms with Crippen LogP contribution in [0.1, 0.15) is 106 Å². The zero-order valence-electron chi connectivity index (χ0n) is 36.9. The summed E-state index contributed by atoms with van der Waals surface area (Å²) in [4.78, 5) is 57.6. The van der Waals surface area contributed by atoms with Gasteiger partial charge in [0, 0.05) is 56.4 Å². The third kappa shape index (κ3) is 17.6. The predicted molar refractivity (Wildman–Crippen MR) is 240 cm³/mol. The lowest BCUT2D eigenvalue weighted by molar-refractivity contribution is -0.137. The number of hydrogen-bond donors (Lipinski definition) is 5. The monoisotopic (exact) mass is 870 g/mol. The maximum atomic E-state index is 14.1. The minimum atomic E-state index is -0.782. The summed E-state index contributed by atoms with van der Waals surface area (Å²) in [6.07, 6.45) is 15.9. The van der Waals surface area contributed by atoms with E-state index in [0.29, 0.717) is 32.4 Å². The van der Waals surface area contributed by atoms with Gasteiger partial charge in [0.25, 0.3) is 11.8 Å². The highest BCUT2D eigenvalue weighted by atomic mass is 19.1. The average molecular weight is 871 g/mol. The van der Waals surface area contributed by atoms with Crippen LogP contribution in [0.15, 0.2) is 85.5 Å². The Morgan fingerprint density at radius 2 is 1.10 bits per heavy atom. The zero-order chi connectivity index (χ0) is 46.1. The van der Waals surface area contributed by atoms with Gasteiger partial charge in [-0.25, -0.2) is 8.78 Å². The summed E-state index contributed by atoms with van der Waals surface area (Å²) in [6.45, 7) is 0.948. The van der Waals surface area contributed by atoms with E-state index in [1.807, 2.05) is 62.3 Å². The lowest BCUT2D eigenvalue weighted by Crippen LogP contribution is -2.42. The number of nitrogens with two attached hydrogens (primary N) is 3. The van der Waals surface area contributed by atoms with E-state index in [-0.39, 0.29) is 47.4 Å². The number of carboxylic acids is 1. The molecule has 4 atom stereocenters. The highest BCUT2D eigenvalue weighted by molar-refractivity contribution is 5.93. The molecule has 15 heteroatoms. The lowest BCUT2D eigenvalue weighted by Gasteiger charge is -2.25. The third-order valence-corrected chi connectivity index (χ3v) is 11.6. The van der Waals surface area contributed by atoms with E-state index in [1.54, 1.807) is 36.9 Å². The Bertz CT molecular complexity index is 2080. The summed E-state index contributed by atoms with van der Waals surface area (Å²) in [5.74, 6) is -1.59. The number of primary amides is 2. The molecule has 0 bridgehead atoms. The Morgan fingerprint density at radius 3 is 1.44 bits per heavy atom. The SMILES string of the molecule is CN(C)[C@H](CN)Cc1ccc(C(N)=O)c(F)c1.CN(C)[C@H](CNC(=O)C[C@H](CC1CC1)c1ccncc1)Cc1ccc(C(N)=O)c(F)c1.O=C(O)C[C@H](CC1CC1)c1ccncc1. The van der Waals surface area contributed by atoms with Crippen molar-refractivity contribution in [2.75, 3.05) is 41.3 Å². The van der Waals surface area contributed by atoms with Gasteiger partial charge in [-0.2, -0.15) is 0 Å². The average Bonchev–Trinajstić information content (AvgIpc) is 4.19. The first kappa shape index (κ1) is 50.0. The van der Waals surface area contributed by atoms with E-state index in [0.717, 1.165) is 46.9 Å². The van der Waals surface area contributed by atoms with Crippen molar-refractivity contribution < 1.29 is 33.1 Å². The number of hydrogen-bond acceptors (Lipinski definition) is 9. The molecule has 0 saturated heterocycles. The molecule has 13 nitrogen and oxygen atoms in total. The van der Waals surface area contributed by atoms with Crippen LogP contribution >= 0.6 is 0 Å². The van der Waals surface area contributed by atoms with Gasteiger partial charge in [0.05, 0.1) is 17.5 Å². The number of pyridine rings is 2. The van der Waals surface area contributed by atoms with Crippen LogP contribution in [0.2, 0.25) is 0 Å². The minimum absolute atomic E-state index is 0.00872. The summed E-state index contributed by atoms with van der Waals surface area (Å²) in [5, 5.41) is 11.9. The molecule has 2 aliphatic rings. The highest BCUT2D eigenvalue weighted by Gasteiger charge is 2.29. The third-order valence-electron chi connectivity index (χ3n) is 11.6. The van der Waals surface area contributed by atoms with Crippen molar-refractivity contribution in [3.05, 3.63) is 130 Å². The van der Waals surface area contributed by atoms with Crippen LogP contribution in [0.5, 0.6) is 0 Å². The maximum absolute atomic E-state index is 14.1. The smallest absolute Gasteiger partial charge is 0.303 e. The molecule has 0 aliphatic heterocycles. The number of benzene rings is 2. The second-order valence-electron chi connectivity index (χ2n) is 17.2. The number of nitrogens with one attached hydrogen (secondary N) is 1. The summed E-state index contributed by atoms with van der Waals surface area (Å²) < 4.78 is 27.6. The predicted octanol–water partition coefficient (Wildman–Crippen LogP) is 5.68. The number of rotatable bonds is 21. The molecule has 2 fully saturated rings. The van der Waals surface area contributed by atoms with Crippen LogP contribution in [0.25, 0.3) is 0 Å². The summed E-state index contributed by atoms with van der Waals surface area (Å²) in [6, 6.07) is 16.9. The zero-order valence-corrected chi connectivity index (χ0v) is 36.9. The van der Waals surface area contributed by atoms with Gasteiger partial charge in [0.1, 0.15) is 11.6 Å². The number of aliphatic carboxylic acids is 1. The van der Waals surface area contributed by atoms with E-state index < -0.39 is 29.4 Å². The van der Waals surface area contributed by atoms with Crippen molar-refractivity contribution in [1.29, 1.82) is 0 Å². The van der Waals surface area contributed by atoms with Crippen LogP contribution in [0.4, 0.5) is 8.78 Å². The fraction of sp³-hybridized carbons (Fsp3) is 0.458.